The maximum Gasteiger partial charge on any atom is 0.387 e. The van der Waals surface area contributed by atoms with Gasteiger partial charge in [-0.1, -0.05) is 0 Å². The number of aromatic nitrogens is 1. The monoisotopic (exact) mass is 322 g/mol. The average Bonchev–Trinajstić information content (AvgIpc) is 2.45. The van der Waals surface area contributed by atoms with Crippen molar-refractivity contribution in [3.05, 3.63) is 47.2 Å². The lowest BCUT2D eigenvalue weighted by Crippen LogP contribution is -2.14. The summed E-state index contributed by atoms with van der Waals surface area (Å²) in [6.45, 7) is 0.745. The van der Waals surface area contributed by atoms with Crippen LogP contribution in [0.25, 0.3) is 0 Å². The number of alkyl halides is 2. The largest absolute Gasteiger partial charge is 0.493 e. The molecule has 7 heteroatoms. The Bertz CT molecular complexity index is 700. The standard InChI is InChI=1S/C16H16F2N2O3/c1-9-6-10(2)19-14(7-9)20-15(21)11-4-5-12(23-16(17)18)13(8-11)22-3/h4-8,16H,1-3H3,(H,19,20,21). The quantitative estimate of drug-likeness (QED) is 0.914. The summed E-state index contributed by atoms with van der Waals surface area (Å²) in [5.41, 5.74) is 1.98. The number of hydrogen-bond donors (Lipinski definition) is 1. The van der Waals surface area contributed by atoms with Crippen LogP contribution in [0.2, 0.25) is 0 Å². The third-order valence-corrected chi connectivity index (χ3v) is 2.98. The third kappa shape index (κ3) is 4.38. The molecule has 1 heterocycles. The molecule has 0 saturated heterocycles. The lowest BCUT2D eigenvalue weighted by molar-refractivity contribution is -0.0512. The number of amides is 1. The molecule has 0 fully saturated rings. The second-order valence-electron chi connectivity index (χ2n) is 4.87. The Morgan fingerprint density at radius 1 is 1.17 bits per heavy atom. The second-order valence-corrected chi connectivity index (χ2v) is 4.87. The summed E-state index contributed by atoms with van der Waals surface area (Å²) in [6, 6.07) is 7.58. The fraction of sp³-hybridized carbons (Fsp3) is 0.250. The lowest BCUT2D eigenvalue weighted by atomic mass is 10.2. The second kappa shape index (κ2) is 7.04. The van der Waals surface area contributed by atoms with Gasteiger partial charge in [0.05, 0.1) is 7.11 Å². The van der Waals surface area contributed by atoms with Crippen LogP contribution in [0.4, 0.5) is 14.6 Å². The number of carbonyl (C=O) groups is 1. The van der Waals surface area contributed by atoms with Crippen molar-refractivity contribution in [1.29, 1.82) is 0 Å². The van der Waals surface area contributed by atoms with Crippen LogP contribution in [-0.2, 0) is 0 Å². The van der Waals surface area contributed by atoms with E-state index in [0.717, 1.165) is 11.3 Å². The zero-order valence-corrected chi connectivity index (χ0v) is 12.9. The predicted molar refractivity (Wildman–Crippen MR) is 81.3 cm³/mol. The molecule has 2 aromatic rings. The normalized spacial score (nSPS) is 10.5. The third-order valence-electron chi connectivity index (χ3n) is 2.98. The van der Waals surface area contributed by atoms with Crippen LogP contribution in [0.1, 0.15) is 21.6 Å². The van der Waals surface area contributed by atoms with E-state index in [2.05, 4.69) is 15.0 Å². The number of rotatable bonds is 5. The molecule has 0 aliphatic rings. The van der Waals surface area contributed by atoms with Crippen LogP contribution in [0, 0.1) is 13.8 Å². The van der Waals surface area contributed by atoms with E-state index in [9.17, 15) is 13.6 Å². The van der Waals surface area contributed by atoms with Gasteiger partial charge in [0.15, 0.2) is 11.5 Å². The van der Waals surface area contributed by atoms with Gasteiger partial charge in [-0.25, -0.2) is 4.98 Å². The van der Waals surface area contributed by atoms with Gasteiger partial charge in [-0.15, -0.1) is 0 Å². The summed E-state index contributed by atoms with van der Waals surface area (Å²) in [4.78, 5) is 16.5. The minimum atomic E-state index is -2.97. The number of ether oxygens (including phenoxy) is 2. The zero-order valence-electron chi connectivity index (χ0n) is 12.9. The summed E-state index contributed by atoms with van der Waals surface area (Å²) in [7, 11) is 1.31. The predicted octanol–water partition coefficient (Wildman–Crippen LogP) is 3.56. The van der Waals surface area contributed by atoms with Gasteiger partial charge in [-0.3, -0.25) is 4.79 Å². The number of pyridine rings is 1. The minimum absolute atomic E-state index is 0.0475. The molecular weight excluding hydrogens is 306 g/mol. The number of aryl methyl sites for hydroxylation is 2. The van der Waals surface area contributed by atoms with Crippen LogP contribution < -0.4 is 14.8 Å². The van der Waals surface area contributed by atoms with Gasteiger partial charge in [0.25, 0.3) is 5.91 Å². The van der Waals surface area contributed by atoms with Gasteiger partial charge in [0.2, 0.25) is 0 Å². The van der Waals surface area contributed by atoms with Crippen LogP contribution in [0.3, 0.4) is 0 Å². The first kappa shape index (κ1) is 16.7. The number of hydrogen-bond acceptors (Lipinski definition) is 4. The number of nitrogens with zero attached hydrogens (tertiary/aromatic N) is 1. The van der Waals surface area contributed by atoms with Crippen molar-refractivity contribution in [2.75, 3.05) is 12.4 Å². The highest BCUT2D eigenvalue weighted by atomic mass is 19.3. The van der Waals surface area contributed by atoms with Crippen LogP contribution in [0.5, 0.6) is 11.5 Å². The Morgan fingerprint density at radius 2 is 1.91 bits per heavy atom. The van der Waals surface area contributed by atoms with E-state index in [0.29, 0.717) is 5.82 Å². The van der Waals surface area contributed by atoms with Crippen LogP contribution in [-0.4, -0.2) is 24.6 Å². The fourth-order valence-corrected chi connectivity index (χ4v) is 2.10. The summed E-state index contributed by atoms with van der Waals surface area (Å²) in [5.74, 6) is -0.0984. The summed E-state index contributed by atoms with van der Waals surface area (Å²) < 4.78 is 33.9. The van der Waals surface area contributed by atoms with E-state index < -0.39 is 12.5 Å². The maximum atomic E-state index is 12.3. The van der Waals surface area contributed by atoms with Gasteiger partial charge in [-0.05, 0) is 49.7 Å². The van der Waals surface area contributed by atoms with Gasteiger partial charge < -0.3 is 14.8 Å². The summed E-state index contributed by atoms with van der Waals surface area (Å²) in [5, 5.41) is 2.66. The van der Waals surface area contributed by atoms with Gasteiger partial charge in [-0.2, -0.15) is 8.78 Å². The Hall–Kier alpha value is -2.70. The molecule has 0 aliphatic carbocycles. The van der Waals surface area contributed by atoms with Crippen molar-refractivity contribution in [3.8, 4) is 11.5 Å². The molecule has 0 spiro atoms. The van der Waals surface area contributed by atoms with Gasteiger partial charge in [0, 0.05) is 11.3 Å². The molecule has 0 bridgehead atoms. The van der Waals surface area contributed by atoms with Gasteiger partial charge >= 0.3 is 6.61 Å². The number of benzene rings is 1. The van der Waals surface area contributed by atoms with Crippen molar-refractivity contribution in [3.63, 3.8) is 0 Å². The van der Waals surface area contributed by atoms with Crippen molar-refractivity contribution in [1.82, 2.24) is 4.98 Å². The number of nitrogens with one attached hydrogen (secondary N) is 1. The van der Waals surface area contributed by atoms with Gasteiger partial charge in [0.1, 0.15) is 5.82 Å². The summed E-state index contributed by atoms with van der Waals surface area (Å²) >= 11 is 0. The molecular formula is C16H16F2N2O3. The maximum absolute atomic E-state index is 12.3. The van der Waals surface area contributed by atoms with Crippen molar-refractivity contribution < 1.29 is 23.0 Å². The highest BCUT2D eigenvalue weighted by Gasteiger charge is 2.14. The Labute approximate surface area is 132 Å². The molecule has 0 aliphatic heterocycles. The Kier molecular flexibility index (Phi) is 5.10. The van der Waals surface area contributed by atoms with E-state index >= 15 is 0 Å². The Morgan fingerprint density at radius 3 is 2.52 bits per heavy atom. The first-order valence-corrected chi connectivity index (χ1v) is 6.78. The molecule has 1 aromatic heterocycles. The fourth-order valence-electron chi connectivity index (χ4n) is 2.10. The number of carbonyl (C=O) groups excluding carboxylic acids is 1. The highest BCUT2D eigenvalue weighted by molar-refractivity contribution is 6.04. The minimum Gasteiger partial charge on any atom is -0.493 e. The molecule has 0 atom stereocenters. The summed E-state index contributed by atoms with van der Waals surface area (Å²) in [6.07, 6.45) is 0. The van der Waals surface area contributed by atoms with E-state index in [4.69, 9.17) is 4.74 Å². The molecule has 1 N–H and O–H groups in total. The molecule has 1 amide bonds. The van der Waals surface area contributed by atoms with E-state index in [1.807, 2.05) is 19.9 Å². The zero-order chi connectivity index (χ0) is 17.0. The lowest BCUT2D eigenvalue weighted by Gasteiger charge is -2.11. The molecule has 122 valence electrons. The Balaban J connectivity index is 2.22. The SMILES string of the molecule is COc1cc(C(=O)Nc2cc(C)cc(C)n2)ccc1OC(F)F. The number of methoxy groups -OCH3 is 1. The average molecular weight is 322 g/mol. The highest BCUT2D eigenvalue weighted by Crippen LogP contribution is 2.29. The topological polar surface area (TPSA) is 60.5 Å². The van der Waals surface area contributed by atoms with Crippen LogP contribution >= 0.6 is 0 Å². The molecule has 23 heavy (non-hydrogen) atoms. The van der Waals surface area contributed by atoms with E-state index in [-0.39, 0.29) is 17.1 Å². The molecule has 5 nitrogen and oxygen atoms in total. The first-order chi connectivity index (χ1) is 10.9. The van der Waals surface area contributed by atoms with E-state index in [1.54, 1.807) is 6.07 Å². The first-order valence-electron chi connectivity index (χ1n) is 6.78. The molecule has 2 rings (SSSR count). The van der Waals surface area contributed by atoms with Crippen molar-refractivity contribution in [2.24, 2.45) is 0 Å². The van der Waals surface area contributed by atoms with E-state index in [1.165, 1.54) is 25.3 Å². The number of anilines is 1. The van der Waals surface area contributed by atoms with Crippen LogP contribution in [0.15, 0.2) is 30.3 Å². The van der Waals surface area contributed by atoms with Crippen molar-refractivity contribution in [2.45, 2.75) is 20.5 Å². The number of halogens is 2. The molecule has 0 radical (unpaired) electrons. The van der Waals surface area contributed by atoms with Crippen molar-refractivity contribution >= 4 is 11.7 Å². The smallest absolute Gasteiger partial charge is 0.387 e. The molecule has 1 aromatic carbocycles. The molecule has 0 saturated carbocycles. The molecule has 0 unspecified atom stereocenters.